The van der Waals surface area contributed by atoms with E-state index in [9.17, 15) is 13.5 Å². The minimum Gasteiger partial charge on any atom is -0.390 e. The van der Waals surface area contributed by atoms with Gasteiger partial charge in [0.2, 0.25) is 0 Å². The highest BCUT2D eigenvalue weighted by atomic mass is 32.2. The maximum absolute atomic E-state index is 13.4. The van der Waals surface area contributed by atoms with Crippen LogP contribution in [0.25, 0.3) is 0 Å². The van der Waals surface area contributed by atoms with Crippen LogP contribution in [0, 0.1) is 12.3 Å². The summed E-state index contributed by atoms with van der Waals surface area (Å²) in [7, 11) is -3.65. The van der Waals surface area contributed by atoms with Crippen molar-refractivity contribution in [2.45, 2.75) is 56.4 Å². The lowest BCUT2D eigenvalue weighted by Gasteiger charge is -2.40. The summed E-state index contributed by atoms with van der Waals surface area (Å²) in [6.07, 6.45) is 4.09. The molecule has 27 heavy (non-hydrogen) atoms. The average molecular weight is 386 g/mol. The van der Waals surface area contributed by atoms with Gasteiger partial charge in [0, 0.05) is 12.0 Å². The molecule has 2 aliphatic rings. The van der Waals surface area contributed by atoms with Gasteiger partial charge in [-0.25, -0.2) is 8.42 Å². The monoisotopic (exact) mass is 385 g/mol. The minimum absolute atomic E-state index is 0.263. The molecule has 0 aromatic heterocycles. The average Bonchev–Trinajstić information content (AvgIpc) is 2.80. The molecule has 1 aliphatic carbocycles. The fourth-order valence-electron chi connectivity index (χ4n) is 4.86. The van der Waals surface area contributed by atoms with Gasteiger partial charge < -0.3 is 5.11 Å². The quantitative estimate of drug-likeness (QED) is 0.848. The number of benzene rings is 2. The summed E-state index contributed by atoms with van der Waals surface area (Å²) in [4.78, 5) is 0.317. The highest BCUT2D eigenvalue weighted by Crippen LogP contribution is 2.53. The summed E-state index contributed by atoms with van der Waals surface area (Å²) in [6, 6.07) is 14.8. The Balaban J connectivity index is 1.80. The van der Waals surface area contributed by atoms with Crippen molar-refractivity contribution in [1.29, 1.82) is 0 Å². The van der Waals surface area contributed by atoms with Crippen LogP contribution in [0.1, 0.15) is 43.7 Å². The van der Waals surface area contributed by atoms with E-state index in [2.05, 4.69) is 0 Å². The SMILES string of the molecule is Cc1ccc(S(=O)(=O)N2CCC3(CCCC3(C)O)Cc3ccccc32)cc1. The van der Waals surface area contributed by atoms with Crippen molar-refractivity contribution in [2.75, 3.05) is 10.8 Å². The molecule has 144 valence electrons. The van der Waals surface area contributed by atoms with Crippen molar-refractivity contribution in [2.24, 2.45) is 5.41 Å². The molecule has 2 unspecified atom stereocenters. The van der Waals surface area contributed by atoms with Crippen LogP contribution in [0.5, 0.6) is 0 Å². The number of aliphatic hydroxyl groups is 1. The number of anilines is 1. The molecule has 2 aromatic rings. The molecule has 4 nitrogen and oxygen atoms in total. The highest BCUT2D eigenvalue weighted by molar-refractivity contribution is 7.92. The van der Waals surface area contributed by atoms with E-state index < -0.39 is 15.6 Å². The van der Waals surface area contributed by atoms with Crippen LogP contribution in [0.2, 0.25) is 0 Å². The van der Waals surface area contributed by atoms with E-state index in [1.165, 1.54) is 0 Å². The topological polar surface area (TPSA) is 57.6 Å². The van der Waals surface area contributed by atoms with Crippen LogP contribution in [0.4, 0.5) is 5.69 Å². The van der Waals surface area contributed by atoms with Gasteiger partial charge in [0.1, 0.15) is 0 Å². The Bertz CT molecular complexity index is 950. The van der Waals surface area contributed by atoms with Gasteiger partial charge in [0.25, 0.3) is 10.0 Å². The molecule has 0 saturated heterocycles. The molecule has 1 heterocycles. The van der Waals surface area contributed by atoms with Crippen LogP contribution in [0.3, 0.4) is 0 Å². The summed E-state index contributed by atoms with van der Waals surface area (Å²) < 4.78 is 28.4. The minimum atomic E-state index is -3.65. The molecule has 0 bridgehead atoms. The normalized spacial score (nSPS) is 28.2. The Morgan fingerprint density at radius 3 is 2.37 bits per heavy atom. The van der Waals surface area contributed by atoms with Crippen molar-refractivity contribution in [1.82, 2.24) is 0 Å². The van der Waals surface area contributed by atoms with E-state index in [4.69, 9.17) is 0 Å². The largest absolute Gasteiger partial charge is 0.390 e. The number of hydrogen-bond donors (Lipinski definition) is 1. The van der Waals surface area contributed by atoms with Crippen molar-refractivity contribution in [3.8, 4) is 0 Å². The van der Waals surface area contributed by atoms with Gasteiger partial charge in [-0.2, -0.15) is 0 Å². The zero-order chi connectivity index (χ0) is 19.3. The van der Waals surface area contributed by atoms with E-state index in [0.29, 0.717) is 17.9 Å². The first kappa shape index (κ1) is 18.5. The number of nitrogens with zero attached hydrogens (tertiary/aromatic N) is 1. The Labute approximate surface area is 161 Å². The summed E-state index contributed by atoms with van der Waals surface area (Å²) >= 11 is 0. The highest BCUT2D eigenvalue weighted by Gasteiger charge is 2.52. The molecule has 1 saturated carbocycles. The Hall–Kier alpha value is -1.85. The maximum atomic E-state index is 13.4. The summed E-state index contributed by atoms with van der Waals surface area (Å²) in [5, 5.41) is 11.1. The third-order valence-electron chi connectivity index (χ3n) is 6.65. The van der Waals surface area contributed by atoms with Gasteiger partial charge in [-0.3, -0.25) is 4.31 Å². The van der Waals surface area contributed by atoms with Gasteiger partial charge in [-0.15, -0.1) is 0 Å². The number of hydrogen-bond acceptors (Lipinski definition) is 3. The van der Waals surface area contributed by atoms with Crippen LogP contribution in [-0.4, -0.2) is 25.7 Å². The second kappa shape index (κ2) is 6.35. The number of rotatable bonds is 2. The first-order valence-electron chi connectivity index (χ1n) is 9.65. The van der Waals surface area contributed by atoms with Crippen molar-refractivity contribution in [3.05, 3.63) is 59.7 Å². The number of sulfonamides is 1. The van der Waals surface area contributed by atoms with Crippen molar-refractivity contribution in [3.63, 3.8) is 0 Å². The van der Waals surface area contributed by atoms with Crippen molar-refractivity contribution >= 4 is 15.7 Å². The van der Waals surface area contributed by atoms with Gasteiger partial charge in [-0.1, -0.05) is 35.9 Å². The maximum Gasteiger partial charge on any atom is 0.264 e. The molecule has 0 radical (unpaired) electrons. The molecule has 0 amide bonds. The fourth-order valence-corrected chi connectivity index (χ4v) is 6.36. The Morgan fingerprint density at radius 2 is 1.70 bits per heavy atom. The van der Waals surface area contributed by atoms with E-state index in [1.54, 1.807) is 16.4 Å². The molecule has 4 rings (SSSR count). The first-order chi connectivity index (χ1) is 12.8. The Morgan fingerprint density at radius 1 is 1.00 bits per heavy atom. The van der Waals surface area contributed by atoms with Gasteiger partial charge in [0.05, 0.1) is 16.2 Å². The van der Waals surface area contributed by atoms with Gasteiger partial charge in [0.15, 0.2) is 0 Å². The van der Waals surface area contributed by atoms with E-state index in [-0.39, 0.29) is 5.41 Å². The second-order valence-corrected chi connectivity index (χ2v) is 10.2. The summed E-state index contributed by atoms with van der Waals surface area (Å²) in [5.74, 6) is 0. The zero-order valence-electron chi connectivity index (χ0n) is 16.0. The van der Waals surface area contributed by atoms with E-state index in [1.807, 2.05) is 50.2 Å². The van der Waals surface area contributed by atoms with Gasteiger partial charge >= 0.3 is 0 Å². The molecule has 1 aliphatic heterocycles. The molecule has 1 N–H and O–H groups in total. The molecule has 2 atom stereocenters. The predicted molar refractivity (Wildman–Crippen MR) is 107 cm³/mol. The lowest BCUT2D eigenvalue weighted by molar-refractivity contribution is -0.0483. The van der Waals surface area contributed by atoms with Crippen LogP contribution < -0.4 is 4.31 Å². The van der Waals surface area contributed by atoms with E-state index >= 15 is 0 Å². The van der Waals surface area contributed by atoms with E-state index in [0.717, 1.165) is 42.5 Å². The molecule has 2 aromatic carbocycles. The summed E-state index contributed by atoms with van der Waals surface area (Å²) in [5.41, 5.74) is 1.77. The lowest BCUT2D eigenvalue weighted by Crippen LogP contribution is -2.44. The summed E-state index contributed by atoms with van der Waals surface area (Å²) in [6.45, 7) is 4.26. The third-order valence-corrected chi connectivity index (χ3v) is 8.48. The van der Waals surface area contributed by atoms with Crippen LogP contribution in [-0.2, 0) is 16.4 Å². The van der Waals surface area contributed by atoms with Crippen molar-refractivity contribution < 1.29 is 13.5 Å². The van der Waals surface area contributed by atoms with Gasteiger partial charge in [-0.05, 0) is 69.7 Å². The number of para-hydroxylation sites is 1. The molecular weight excluding hydrogens is 358 g/mol. The van der Waals surface area contributed by atoms with Crippen LogP contribution in [0.15, 0.2) is 53.4 Å². The third kappa shape index (κ3) is 2.97. The molecule has 1 spiro atoms. The zero-order valence-corrected chi connectivity index (χ0v) is 16.8. The fraction of sp³-hybridized carbons (Fsp3) is 0.455. The standard InChI is InChI=1S/C22H27NO3S/c1-17-8-10-19(11-9-17)27(25,26)23-15-14-22(13-5-12-21(22,2)24)16-18-6-3-4-7-20(18)23/h3-4,6-11,24H,5,12-16H2,1-2H3. The number of aryl methyl sites for hydroxylation is 1. The van der Waals surface area contributed by atoms with Crippen LogP contribution >= 0.6 is 0 Å². The number of fused-ring (bicyclic) bond motifs is 1. The predicted octanol–water partition coefficient (Wildman–Crippen LogP) is 4.06. The lowest BCUT2D eigenvalue weighted by atomic mass is 9.69. The molecular formula is C22H27NO3S. The molecule has 5 heteroatoms. The second-order valence-electron chi connectivity index (χ2n) is 8.35. The smallest absolute Gasteiger partial charge is 0.264 e. The Kier molecular flexibility index (Phi) is 4.35. The molecule has 1 fully saturated rings. The first-order valence-corrected chi connectivity index (χ1v) is 11.1.